The molecule has 0 atom stereocenters. The molecule has 0 aliphatic carbocycles. The molecule has 2 heterocycles. The smallest absolute Gasteiger partial charge is 0.230 e. The van der Waals surface area contributed by atoms with Gasteiger partial charge in [0.15, 0.2) is 0 Å². The highest BCUT2D eigenvalue weighted by Crippen LogP contribution is 2.21. The molecule has 0 aliphatic heterocycles. The lowest BCUT2D eigenvalue weighted by molar-refractivity contribution is 0.415. The van der Waals surface area contributed by atoms with E-state index in [9.17, 15) is 4.79 Å². The van der Waals surface area contributed by atoms with Gasteiger partial charge in [0.2, 0.25) is 11.1 Å². The van der Waals surface area contributed by atoms with Crippen LogP contribution in [0.1, 0.15) is 5.69 Å². The molecule has 0 unspecified atom stereocenters. The second-order valence-electron chi connectivity index (χ2n) is 4.10. The summed E-state index contributed by atoms with van der Waals surface area (Å²) in [5.41, 5.74) is 1.63. The summed E-state index contributed by atoms with van der Waals surface area (Å²) in [6.45, 7) is 1.86. The molecule has 0 spiro atoms. The highest BCUT2D eigenvalue weighted by atomic mass is 16.5. The topological polar surface area (TPSA) is 52.3 Å². The Bertz CT molecular complexity index is 805. The van der Waals surface area contributed by atoms with Crippen LogP contribution in [-0.2, 0) is 0 Å². The Hall–Kier alpha value is -2.36. The number of benzene rings is 1. The van der Waals surface area contributed by atoms with E-state index in [0.717, 1.165) is 5.69 Å². The summed E-state index contributed by atoms with van der Waals surface area (Å²) in [7, 11) is 1.56. The Morgan fingerprint density at radius 3 is 2.78 bits per heavy atom. The number of aromatic nitrogens is 1. The average Bonchev–Trinajstić information content (AvgIpc) is 2.38. The van der Waals surface area contributed by atoms with Gasteiger partial charge in [-0.15, -0.1) is 0 Å². The fourth-order valence-electron chi connectivity index (χ4n) is 1.94. The van der Waals surface area contributed by atoms with Crippen molar-refractivity contribution in [3.63, 3.8) is 0 Å². The fourth-order valence-corrected chi connectivity index (χ4v) is 1.94. The first-order valence-corrected chi connectivity index (χ1v) is 5.57. The predicted octanol–water partition coefficient (Wildman–Crippen LogP) is 2.66. The second kappa shape index (κ2) is 3.84. The average molecular weight is 241 g/mol. The maximum Gasteiger partial charge on any atom is 0.230 e. The molecule has 4 nitrogen and oxygen atoms in total. The largest absolute Gasteiger partial charge is 0.497 e. The molecular formula is C14H11NO3. The lowest BCUT2D eigenvalue weighted by Gasteiger charge is -2.03. The molecule has 0 saturated heterocycles. The number of pyridine rings is 1. The zero-order valence-electron chi connectivity index (χ0n) is 10.1. The third kappa shape index (κ3) is 1.54. The monoisotopic (exact) mass is 241 g/mol. The van der Waals surface area contributed by atoms with Crippen molar-refractivity contribution in [2.75, 3.05) is 7.11 Å². The van der Waals surface area contributed by atoms with Crippen molar-refractivity contribution < 1.29 is 9.15 Å². The van der Waals surface area contributed by atoms with Gasteiger partial charge in [0.1, 0.15) is 11.3 Å². The van der Waals surface area contributed by atoms with Crippen LogP contribution in [0.25, 0.3) is 22.1 Å². The molecular weight excluding hydrogens is 230 g/mol. The molecule has 0 aliphatic rings. The van der Waals surface area contributed by atoms with Gasteiger partial charge in [-0.25, -0.2) is 4.98 Å². The van der Waals surface area contributed by atoms with Gasteiger partial charge in [-0.1, -0.05) is 0 Å². The van der Waals surface area contributed by atoms with Crippen molar-refractivity contribution in [1.29, 1.82) is 0 Å². The number of hydrogen-bond acceptors (Lipinski definition) is 4. The minimum atomic E-state index is -0.0855. The molecule has 0 radical (unpaired) electrons. The van der Waals surface area contributed by atoms with Gasteiger partial charge in [0.05, 0.1) is 17.9 Å². The van der Waals surface area contributed by atoms with Crippen molar-refractivity contribution in [1.82, 2.24) is 4.98 Å². The minimum absolute atomic E-state index is 0.0855. The molecule has 0 amide bonds. The summed E-state index contributed by atoms with van der Waals surface area (Å²) in [4.78, 5) is 16.5. The van der Waals surface area contributed by atoms with E-state index in [4.69, 9.17) is 9.15 Å². The van der Waals surface area contributed by atoms with E-state index in [1.165, 1.54) is 0 Å². The van der Waals surface area contributed by atoms with Crippen molar-refractivity contribution in [2.45, 2.75) is 6.92 Å². The van der Waals surface area contributed by atoms with Crippen LogP contribution in [-0.4, -0.2) is 12.1 Å². The quantitative estimate of drug-likeness (QED) is 0.614. The van der Waals surface area contributed by atoms with Gasteiger partial charge < -0.3 is 9.15 Å². The third-order valence-electron chi connectivity index (χ3n) is 2.88. The number of aryl methyl sites for hydroxylation is 1. The zero-order chi connectivity index (χ0) is 12.7. The second-order valence-corrected chi connectivity index (χ2v) is 4.10. The van der Waals surface area contributed by atoms with Crippen LogP contribution < -0.4 is 10.2 Å². The molecule has 3 aromatic rings. The summed E-state index contributed by atoms with van der Waals surface area (Å²) >= 11 is 0. The normalized spacial score (nSPS) is 11.0. The lowest BCUT2D eigenvalue weighted by atomic mass is 10.1. The predicted molar refractivity (Wildman–Crippen MR) is 69.1 cm³/mol. The number of hydrogen-bond donors (Lipinski definition) is 0. The van der Waals surface area contributed by atoms with Gasteiger partial charge in [-0.05, 0) is 37.3 Å². The Morgan fingerprint density at radius 2 is 2.00 bits per heavy atom. The standard InChI is InChI=1S/C14H11NO3/c1-8-3-5-10-13(16)11-7-9(17-2)4-6-12(11)18-14(10)15-8/h3-7H,1-2H3. The summed E-state index contributed by atoms with van der Waals surface area (Å²) in [6, 6.07) is 8.69. The van der Waals surface area contributed by atoms with E-state index in [1.54, 1.807) is 37.4 Å². The minimum Gasteiger partial charge on any atom is -0.497 e. The van der Waals surface area contributed by atoms with Gasteiger partial charge in [0.25, 0.3) is 0 Å². The van der Waals surface area contributed by atoms with Gasteiger partial charge in [-0.3, -0.25) is 4.79 Å². The van der Waals surface area contributed by atoms with E-state index in [2.05, 4.69) is 4.98 Å². The molecule has 0 N–H and O–H groups in total. The van der Waals surface area contributed by atoms with Crippen LogP contribution in [0.4, 0.5) is 0 Å². The van der Waals surface area contributed by atoms with E-state index < -0.39 is 0 Å². The number of ether oxygens (including phenoxy) is 1. The maximum atomic E-state index is 12.3. The molecule has 4 heteroatoms. The maximum absolute atomic E-state index is 12.3. The molecule has 0 fully saturated rings. The molecule has 90 valence electrons. The zero-order valence-corrected chi connectivity index (χ0v) is 10.1. The number of nitrogens with zero attached hydrogens (tertiary/aromatic N) is 1. The molecule has 2 aromatic heterocycles. The first-order valence-electron chi connectivity index (χ1n) is 5.57. The number of fused-ring (bicyclic) bond motifs is 2. The first-order chi connectivity index (χ1) is 8.69. The molecule has 0 bridgehead atoms. The van der Waals surface area contributed by atoms with Gasteiger partial charge in [-0.2, -0.15) is 0 Å². The van der Waals surface area contributed by atoms with E-state index in [-0.39, 0.29) is 5.43 Å². The Labute approximate surface area is 103 Å². The number of methoxy groups -OCH3 is 1. The molecule has 18 heavy (non-hydrogen) atoms. The van der Waals surface area contributed by atoms with Gasteiger partial charge >= 0.3 is 0 Å². The van der Waals surface area contributed by atoms with Crippen molar-refractivity contribution in [3.8, 4) is 5.75 Å². The Balaban J connectivity index is 2.48. The summed E-state index contributed by atoms with van der Waals surface area (Å²) in [5, 5.41) is 0.994. The first kappa shape index (κ1) is 10.8. The summed E-state index contributed by atoms with van der Waals surface area (Å²) in [5.74, 6) is 0.634. The van der Waals surface area contributed by atoms with Crippen LogP contribution in [0.3, 0.4) is 0 Å². The highest BCUT2D eigenvalue weighted by molar-refractivity contribution is 5.88. The van der Waals surface area contributed by atoms with Crippen molar-refractivity contribution >= 4 is 22.1 Å². The van der Waals surface area contributed by atoms with Gasteiger partial charge in [0, 0.05) is 5.69 Å². The van der Waals surface area contributed by atoms with Crippen molar-refractivity contribution in [3.05, 3.63) is 46.2 Å². The number of rotatable bonds is 1. The summed E-state index contributed by atoms with van der Waals surface area (Å²) < 4.78 is 10.8. The van der Waals surface area contributed by atoms with Crippen LogP contribution in [0, 0.1) is 6.92 Å². The SMILES string of the molecule is COc1ccc2oc3nc(C)ccc3c(=O)c2c1. The fraction of sp³-hybridized carbons (Fsp3) is 0.143. The van der Waals surface area contributed by atoms with E-state index in [1.807, 2.05) is 6.92 Å². The summed E-state index contributed by atoms with van der Waals surface area (Å²) in [6.07, 6.45) is 0. The van der Waals surface area contributed by atoms with E-state index >= 15 is 0 Å². The van der Waals surface area contributed by atoms with Crippen LogP contribution in [0.15, 0.2) is 39.5 Å². The Kier molecular flexibility index (Phi) is 2.30. The molecule has 1 aromatic carbocycles. The molecule has 0 saturated carbocycles. The Morgan fingerprint density at radius 1 is 1.17 bits per heavy atom. The highest BCUT2D eigenvalue weighted by Gasteiger charge is 2.09. The lowest BCUT2D eigenvalue weighted by Crippen LogP contribution is -2.03. The van der Waals surface area contributed by atoms with Crippen molar-refractivity contribution in [2.24, 2.45) is 0 Å². The molecule has 3 rings (SSSR count). The van der Waals surface area contributed by atoms with E-state index in [0.29, 0.717) is 27.8 Å². The van der Waals surface area contributed by atoms with Crippen LogP contribution in [0.2, 0.25) is 0 Å². The van der Waals surface area contributed by atoms with Crippen LogP contribution >= 0.6 is 0 Å². The van der Waals surface area contributed by atoms with Crippen LogP contribution in [0.5, 0.6) is 5.75 Å². The third-order valence-corrected chi connectivity index (χ3v) is 2.88.